The van der Waals surface area contributed by atoms with Gasteiger partial charge in [-0.1, -0.05) is 24.1 Å². The Kier molecular flexibility index (Phi) is 4.61. The third kappa shape index (κ3) is 3.47. The summed E-state index contributed by atoms with van der Waals surface area (Å²) in [5, 5.41) is 3.55. The van der Waals surface area contributed by atoms with E-state index < -0.39 is 0 Å². The van der Waals surface area contributed by atoms with Crippen LogP contribution in [0.4, 0.5) is 5.69 Å². The van der Waals surface area contributed by atoms with E-state index in [0.29, 0.717) is 5.02 Å². The molecule has 1 aliphatic rings. The predicted molar refractivity (Wildman–Crippen MR) is 75.0 cm³/mol. The topological polar surface area (TPSA) is 32.3 Å². The van der Waals surface area contributed by atoms with Gasteiger partial charge >= 0.3 is 0 Å². The normalized spacial score (nSPS) is 18.3. The molecule has 1 amide bonds. The number of anilines is 1. The van der Waals surface area contributed by atoms with Gasteiger partial charge in [0.05, 0.1) is 6.04 Å². The third-order valence-corrected chi connectivity index (χ3v) is 3.65. The smallest absolute Gasteiger partial charge is 0.241 e. The Labute approximate surface area is 113 Å². The number of nitrogens with zero attached hydrogens (tertiary/aromatic N) is 1. The number of amides is 1. The molecule has 3 nitrogen and oxygen atoms in total. The van der Waals surface area contributed by atoms with Crippen LogP contribution >= 0.6 is 11.6 Å². The van der Waals surface area contributed by atoms with Crippen molar-refractivity contribution in [1.29, 1.82) is 0 Å². The number of carbonyl (C=O) groups is 1. The average Bonchev–Trinajstić information content (AvgIpc) is 2.39. The SMILES string of the molecule is CC(C(=O)Nc1cccc(Cl)c1)N1CCCCC1. The van der Waals surface area contributed by atoms with Crippen molar-refractivity contribution in [2.45, 2.75) is 32.2 Å². The molecule has 0 spiro atoms. The van der Waals surface area contributed by atoms with Crippen molar-refractivity contribution >= 4 is 23.2 Å². The summed E-state index contributed by atoms with van der Waals surface area (Å²) >= 11 is 5.89. The average molecular weight is 267 g/mol. The molecule has 1 N–H and O–H groups in total. The zero-order valence-corrected chi connectivity index (χ0v) is 11.4. The summed E-state index contributed by atoms with van der Waals surface area (Å²) in [6.45, 7) is 4.00. The largest absolute Gasteiger partial charge is 0.325 e. The van der Waals surface area contributed by atoms with Crippen molar-refractivity contribution in [2.75, 3.05) is 18.4 Å². The van der Waals surface area contributed by atoms with E-state index in [2.05, 4.69) is 10.2 Å². The maximum atomic E-state index is 12.1. The van der Waals surface area contributed by atoms with Crippen LogP contribution in [0.15, 0.2) is 24.3 Å². The maximum absolute atomic E-state index is 12.1. The van der Waals surface area contributed by atoms with E-state index >= 15 is 0 Å². The minimum absolute atomic E-state index is 0.0409. The highest BCUT2D eigenvalue weighted by Crippen LogP contribution is 2.17. The summed E-state index contributed by atoms with van der Waals surface area (Å²) in [6.07, 6.45) is 3.66. The van der Waals surface area contributed by atoms with Crippen LogP contribution in [-0.2, 0) is 4.79 Å². The molecule has 0 aromatic heterocycles. The van der Waals surface area contributed by atoms with Gasteiger partial charge in [0.25, 0.3) is 0 Å². The van der Waals surface area contributed by atoms with Gasteiger partial charge in [-0.3, -0.25) is 9.69 Å². The fourth-order valence-corrected chi connectivity index (χ4v) is 2.47. The minimum atomic E-state index is -0.0794. The van der Waals surface area contributed by atoms with Gasteiger partial charge in [0.1, 0.15) is 0 Å². The number of nitrogens with one attached hydrogen (secondary N) is 1. The van der Waals surface area contributed by atoms with Gasteiger partial charge < -0.3 is 5.32 Å². The van der Waals surface area contributed by atoms with Crippen LogP contribution in [0.25, 0.3) is 0 Å². The molecular formula is C14H19ClN2O. The molecule has 4 heteroatoms. The number of benzene rings is 1. The Balaban J connectivity index is 1.94. The number of halogens is 1. The second kappa shape index (κ2) is 6.21. The van der Waals surface area contributed by atoms with Crippen molar-refractivity contribution in [3.05, 3.63) is 29.3 Å². The molecule has 0 saturated carbocycles. The monoisotopic (exact) mass is 266 g/mol. The van der Waals surface area contributed by atoms with Crippen molar-refractivity contribution in [1.82, 2.24) is 4.90 Å². The van der Waals surface area contributed by atoms with Crippen LogP contribution in [-0.4, -0.2) is 29.9 Å². The van der Waals surface area contributed by atoms with Crippen LogP contribution in [0.3, 0.4) is 0 Å². The highest BCUT2D eigenvalue weighted by Gasteiger charge is 2.22. The molecule has 1 unspecified atom stereocenters. The maximum Gasteiger partial charge on any atom is 0.241 e. The Morgan fingerprint density at radius 1 is 1.33 bits per heavy atom. The number of piperidine rings is 1. The van der Waals surface area contributed by atoms with E-state index in [1.807, 2.05) is 19.1 Å². The van der Waals surface area contributed by atoms with Crippen molar-refractivity contribution < 1.29 is 4.79 Å². The number of rotatable bonds is 3. The van der Waals surface area contributed by atoms with E-state index in [0.717, 1.165) is 18.8 Å². The summed E-state index contributed by atoms with van der Waals surface area (Å²) in [7, 11) is 0. The Hall–Kier alpha value is -1.06. The van der Waals surface area contributed by atoms with E-state index in [-0.39, 0.29) is 11.9 Å². The number of hydrogen-bond acceptors (Lipinski definition) is 2. The van der Waals surface area contributed by atoms with Crippen LogP contribution < -0.4 is 5.32 Å². The van der Waals surface area contributed by atoms with Crippen molar-refractivity contribution in [2.24, 2.45) is 0 Å². The lowest BCUT2D eigenvalue weighted by atomic mass is 10.1. The lowest BCUT2D eigenvalue weighted by Gasteiger charge is -2.31. The van der Waals surface area contributed by atoms with Gasteiger partial charge in [-0.25, -0.2) is 0 Å². The van der Waals surface area contributed by atoms with Crippen molar-refractivity contribution in [3.8, 4) is 0 Å². The van der Waals surface area contributed by atoms with Gasteiger partial charge in [-0.2, -0.15) is 0 Å². The number of hydrogen-bond donors (Lipinski definition) is 1. The first-order chi connectivity index (χ1) is 8.66. The van der Waals surface area contributed by atoms with Gasteiger partial charge in [0.15, 0.2) is 0 Å². The fraction of sp³-hybridized carbons (Fsp3) is 0.500. The first-order valence-corrected chi connectivity index (χ1v) is 6.85. The van der Waals surface area contributed by atoms with Crippen LogP contribution in [0, 0.1) is 0 Å². The van der Waals surface area contributed by atoms with Crippen LogP contribution in [0.1, 0.15) is 26.2 Å². The quantitative estimate of drug-likeness (QED) is 0.912. The summed E-state index contributed by atoms with van der Waals surface area (Å²) in [5.41, 5.74) is 0.761. The predicted octanol–water partition coefficient (Wildman–Crippen LogP) is 3.15. The molecule has 18 heavy (non-hydrogen) atoms. The second-order valence-corrected chi connectivity index (χ2v) is 5.21. The highest BCUT2D eigenvalue weighted by molar-refractivity contribution is 6.30. The van der Waals surface area contributed by atoms with E-state index in [9.17, 15) is 4.79 Å². The zero-order valence-electron chi connectivity index (χ0n) is 10.7. The van der Waals surface area contributed by atoms with Gasteiger partial charge in [0.2, 0.25) is 5.91 Å². The van der Waals surface area contributed by atoms with E-state index in [1.165, 1.54) is 19.3 Å². The lowest BCUT2D eigenvalue weighted by molar-refractivity contribution is -0.121. The van der Waals surface area contributed by atoms with Gasteiger partial charge in [-0.15, -0.1) is 0 Å². The summed E-state index contributed by atoms with van der Waals surface area (Å²) in [5.74, 6) is 0.0409. The van der Waals surface area contributed by atoms with Crippen LogP contribution in [0.2, 0.25) is 5.02 Å². The van der Waals surface area contributed by atoms with E-state index in [4.69, 9.17) is 11.6 Å². The molecule has 1 atom stereocenters. The molecular weight excluding hydrogens is 248 g/mol. The molecule has 1 aliphatic heterocycles. The third-order valence-electron chi connectivity index (χ3n) is 3.41. The van der Waals surface area contributed by atoms with Gasteiger partial charge in [0, 0.05) is 10.7 Å². The number of carbonyl (C=O) groups excluding carboxylic acids is 1. The molecule has 0 radical (unpaired) electrons. The first-order valence-electron chi connectivity index (χ1n) is 6.47. The molecule has 98 valence electrons. The Morgan fingerprint density at radius 2 is 2.06 bits per heavy atom. The minimum Gasteiger partial charge on any atom is -0.325 e. The first kappa shape index (κ1) is 13.4. The summed E-state index contributed by atoms with van der Waals surface area (Å²) in [6, 6.07) is 7.17. The molecule has 0 bridgehead atoms. The zero-order chi connectivity index (χ0) is 13.0. The fourth-order valence-electron chi connectivity index (χ4n) is 2.28. The molecule has 2 rings (SSSR count). The molecule has 0 aliphatic carbocycles. The Bertz CT molecular complexity index is 416. The molecule has 1 saturated heterocycles. The molecule has 1 fully saturated rings. The second-order valence-electron chi connectivity index (χ2n) is 4.77. The van der Waals surface area contributed by atoms with Crippen molar-refractivity contribution in [3.63, 3.8) is 0 Å². The molecule has 1 aromatic carbocycles. The van der Waals surface area contributed by atoms with Gasteiger partial charge in [-0.05, 0) is 51.1 Å². The van der Waals surface area contributed by atoms with E-state index in [1.54, 1.807) is 12.1 Å². The molecule has 1 heterocycles. The lowest BCUT2D eigenvalue weighted by Crippen LogP contribution is -2.44. The summed E-state index contributed by atoms with van der Waals surface area (Å²) in [4.78, 5) is 14.4. The molecule has 1 aromatic rings. The van der Waals surface area contributed by atoms with Crippen LogP contribution in [0.5, 0.6) is 0 Å². The number of likely N-dealkylation sites (tertiary alicyclic amines) is 1. The Morgan fingerprint density at radius 3 is 2.72 bits per heavy atom. The summed E-state index contributed by atoms with van der Waals surface area (Å²) < 4.78 is 0. The standard InChI is InChI=1S/C14H19ClN2O/c1-11(17-8-3-2-4-9-17)14(18)16-13-7-5-6-12(15)10-13/h5-7,10-11H,2-4,8-9H2,1H3,(H,16,18). The highest BCUT2D eigenvalue weighted by atomic mass is 35.5.